The van der Waals surface area contributed by atoms with Gasteiger partial charge < -0.3 is 26.4 Å². The van der Waals surface area contributed by atoms with Gasteiger partial charge in [0.05, 0.1) is 6.04 Å². The van der Waals surface area contributed by atoms with E-state index >= 15 is 0 Å². The van der Waals surface area contributed by atoms with Crippen molar-refractivity contribution in [2.75, 3.05) is 6.54 Å². The molecule has 0 unspecified atom stereocenters. The zero-order valence-corrected chi connectivity index (χ0v) is 15.8. The normalized spacial score (nSPS) is 21.4. The van der Waals surface area contributed by atoms with Gasteiger partial charge in [0.2, 0.25) is 17.7 Å². The predicted molar refractivity (Wildman–Crippen MR) is 95.0 cm³/mol. The van der Waals surface area contributed by atoms with Gasteiger partial charge >= 0.3 is 5.97 Å². The van der Waals surface area contributed by atoms with E-state index in [2.05, 4.69) is 10.6 Å². The number of nitrogens with zero attached hydrogens (tertiary/aromatic N) is 1. The van der Waals surface area contributed by atoms with Gasteiger partial charge in [-0.05, 0) is 32.6 Å². The Bertz CT molecular complexity index is 551. The van der Waals surface area contributed by atoms with Gasteiger partial charge in [-0.25, -0.2) is 4.79 Å². The number of hydrogen-bond donors (Lipinski definition) is 4. The van der Waals surface area contributed by atoms with Gasteiger partial charge in [-0.1, -0.05) is 20.3 Å². The lowest BCUT2D eigenvalue weighted by Gasteiger charge is -2.29. The molecule has 1 rings (SSSR count). The quantitative estimate of drug-likeness (QED) is 0.451. The SMILES string of the molecule is CC[C@H](C)[C@H](NC(=O)[C@@H]1CCCN1C(=O)[C@H](C)NC(=O)[C@H](C)N)C(=O)O. The Hall–Kier alpha value is -2.16. The molecule has 5 atom stereocenters. The zero-order chi connectivity index (χ0) is 20.0. The van der Waals surface area contributed by atoms with Crippen molar-refractivity contribution >= 4 is 23.7 Å². The molecule has 5 N–H and O–H groups in total. The molecule has 1 heterocycles. The molecule has 0 bridgehead atoms. The summed E-state index contributed by atoms with van der Waals surface area (Å²) in [6, 6.07) is -3.29. The molecule has 9 nitrogen and oxygen atoms in total. The van der Waals surface area contributed by atoms with E-state index in [9.17, 15) is 24.3 Å². The summed E-state index contributed by atoms with van der Waals surface area (Å²) in [4.78, 5) is 49.6. The Morgan fingerprint density at radius 3 is 2.31 bits per heavy atom. The third-order valence-electron chi connectivity index (χ3n) is 4.76. The summed E-state index contributed by atoms with van der Waals surface area (Å²) in [7, 11) is 0. The first-order chi connectivity index (χ1) is 12.1. The monoisotopic (exact) mass is 370 g/mol. The lowest BCUT2D eigenvalue weighted by Crippen LogP contribution is -2.56. The second-order valence-electron chi connectivity index (χ2n) is 6.92. The molecule has 1 fully saturated rings. The first-order valence-electron chi connectivity index (χ1n) is 8.99. The Kier molecular flexibility index (Phi) is 8.01. The minimum atomic E-state index is -1.10. The highest BCUT2D eigenvalue weighted by Gasteiger charge is 2.38. The second kappa shape index (κ2) is 9.51. The number of carboxylic acids is 1. The topological polar surface area (TPSA) is 142 Å². The Morgan fingerprint density at radius 2 is 1.81 bits per heavy atom. The summed E-state index contributed by atoms with van der Waals surface area (Å²) < 4.78 is 0. The molecule has 26 heavy (non-hydrogen) atoms. The van der Waals surface area contributed by atoms with E-state index in [0.29, 0.717) is 25.8 Å². The highest BCUT2D eigenvalue weighted by molar-refractivity contribution is 5.94. The largest absolute Gasteiger partial charge is 0.480 e. The average molecular weight is 370 g/mol. The van der Waals surface area contributed by atoms with Crippen LogP contribution in [0.3, 0.4) is 0 Å². The molecule has 148 valence electrons. The lowest BCUT2D eigenvalue weighted by molar-refractivity contribution is -0.145. The van der Waals surface area contributed by atoms with Crippen LogP contribution in [-0.2, 0) is 19.2 Å². The third-order valence-corrected chi connectivity index (χ3v) is 4.76. The summed E-state index contributed by atoms with van der Waals surface area (Å²) in [6.45, 7) is 7.04. The molecule has 0 aromatic carbocycles. The number of amides is 3. The van der Waals surface area contributed by atoms with E-state index in [1.165, 1.54) is 18.7 Å². The van der Waals surface area contributed by atoms with Crippen LogP contribution in [0.4, 0.5) is 0 Å². The molecule has 1 aliphatic rings. The van der Waals surface area contributed by atoms with Crippen molar-refractivity contribution < 1.29 is 24.3 Å². The van der Waals surface area contributed by atoms with Crippen LogP contribution >= 0.6 is 0 Å². The van der Waals surface area contributed by atoms with E-state index in [4.69, 9.17) is 5.73 Å². The lowest BCUT2D eigenvalue weighted by atomic mass is 9.98. The molecule has 0 aliphatic carbocycles. The standard InChI is InChI=1S/C17H30N4O5/c1-5-9(2)13(17(25)26)20-15(23)12-7-6-8-21(12)16(24)11(4)19-14(22)10(3)18/h9-13H,5-8,18H2,1-4H3,(H,19,22)(H,20,23)(H,25,26)/t9-,10-,11-,12-,13-/m0/s1. The first kappa shape index (κ1) is 21.9. The number of carboxylic acid groups (broad SMARTS) is 1. The molecular weight excluding hydrogens is 340 g/mol. The Balaban J connectivity index is 2.79. The van der Waals surface area contributed by atoms with E-state index in [1.54, 1.807) is 6.92 Å². The maximum Gasteiger partial charge on any atom is 0.326 e. The summed E-state index contributed by atoms with van der Waals surface area (Å²) in [5.74, 6) is -2.64. The van der Waals surface area contributed by atoms with Crippen molar-refractivity contribution in [2.45, 2.75) is 71.1 Å². The average Bonchev–Trinajstić information content (AvgIpc) is 3.07. The second-order valence-corrected chi connectivity index (χ2v) is 6.92. The van der Waals surface area contributed by atoms with Crippen LogP contribution in [0.15, 0.2) is 0 Å². The fourth-order valence-corrected chi connectivity index (χ4v) is 2.89. The Labute approximate surface area is 153 Å². The summed E-state index contributed by atoms with van der Waals surface area (Å²) >= 11 is 0. The van der Waals surface area contributed by atoms with Crippen LogP contribution in [0.5, 0.6) is 0 Å². The number of aliphatic carboxylic acids is 1. The van der Waals surface area contributed by atoms with E-state index in [-0.39, 0.29) is 11.8 Å². The molecule has 0 spiro atoms. The van der Waals surface area contributed by atoms with Crippen LogP contribution in [0.25, 0.3) is 0 Å². The van der Waals surface area contributed by atoms with Crippen LogP contribution < -0.4 is 16.4 Å². The fraction of sp³-hybridized carbons (Fsp3) is 0.765. The van der Waals surface area contributed by atoms with Gasteiger partial charge in [0, 0.05) is 6.54 Å². The van der Waals surface area contributed by atoms with Gasteiger partial charge in [0.25, 0.3) is 0 Å². The van der Waals surface area contributed by atoms with Crippen LogP contribution in [0.2, 0.25) is 0 Å². The van der Waals surface area contributed by atoms with E-state index in [0.717, 1.165) is 0 Å². The van der Waals surface area contributed by atoms with Gasteiger partial charge in [0.15, 0.2) is 0 Å². The maximum atomic E-state index is 12.6. The van der Waals surface area contributed by atoms with Crippen molar-refractivity contribution in [1.82, 2.24) is 15.5 Å². The van der Waals surface area contributed by atoms with Crippen molar-refractivity contribution in [3.63, 3.8) is 0 Å². The number of carbonyl (C=O) groups excluding carboxylic acids is 3. The third kappa shape index (κ3) is 5.42. The molecule has 0 saturated carbocycles. The molecular formula is C17H30N4O5. The number of nitrogens with two attached hydrogens (primary N) is 1. The van der Waals surface area contributed by atoms with Crippen molar-refractivity contribution in [1.29, 1.82) is 0 Å². The number of rotatable bonds is 8. The van der Waals surface area contributed by atoms with Gasteiger partial charge in [-0.15, -0.1) is 0 Å². The predicted octanol–water partition coefficient (Wildman–Crippen LogP) is -0.555. The Morgan fingerprint density at radius 1 is 1.19 bits per heavy atom. The summed E-state index contributed by atoms with van der Waals surface area (Å²) in [5, 5.41) is 14.4. The molecule has 0 aromatic heterocycles. The van der Waals surface area contributed by atoms with E-state index in [1.807, 2.05) is 6.92 Å². The number of carbonyl (C=O) groups is 4. The molecule has 0 aromatic rings. The molecule has 1 saturated heterocycles. The van der Waals surface area contributed by atoms with Crippen LogP contribution in [0, 0.1) is 5.92 Å². The number of hydrogen-bond acceptors (Lipinski definition) is 5. The summed E-state index contributed by atoms with van der Waals surface area (Å²) in [5.41, 5.74) is 5.48. The van der Waals surface area contributed by atoms with Crippen molar-refractivity contribution in [2.24, 2.45) is 11.7 Å². The smallest absolute Gasteiger partial charge is 0.326 e. The van der Waals surface area contributed by atoms with E-state index < -0.39 is 42.0 Å². The number of nitrogens with one attached hydrogen (secondary N) is 2. The highest BCUT2D eigenvalue weighted by atomic mass is 16.4. The van der Waals surface area contributed by atoms with Gasteiger partial charge in [0.1, 0.15) is 18.1 Å². The molecule has 9 heteroatoms. The fourth-order valence-electron chi connectivity index (χ4n) is 2.89. The molecule has 0 radical (unpaired) electrons. The van der Waals surface area contributed by atoms with Crippen molar-refractivity contribution in [3.8, 4) is 0 Å². The minimum absolute atomic E-state index is 0.230. The zero-order valence-electron chi connectivity index (χ0n) is 15.8. The maximum absolute atomic E-state index is 12.6. The molecule has 3 amide bonds. The highest BCUT2D eigenvalue weighted by Crippen LogP contribution is 2.19. The minimum Gasteiger partial charge on any atom is -0.480 e. The van der Waals surface area contributed by atoms with Gasteiger partial charge in [-0.2, -0.15) is 0 Å². The summed E-state index contributed by atoms with van der Waals surface area (Å²) in [6.07, 6.45) is 1.70. The number of likely N-dealkylation sites (tertiary alicyclic amines) is 1. The van der Waals surface area contributed by atoms with Crippen LogP contribution in [-0.4, -0.2) is 64.4 Å². The van der Waals surface area contributed by atoms with Gasteiger partial charge in [-0.3, -0.25) is 14.4 Å². The first-order valence-corrected chi connectivity index (χ1v) is 8.99. The molecule has 1 aliphatic heterocycles. The van der Waals surface area contributed by atoms with Crippen molar-refractivity contribution in [3.05, 3.63) is 0 Å². The van der Waals surface area contributed by atoms with Crippen LogP contribution in [0.1, 0.15) is 47.0 Å².